The number of carbonyl (C=O) groups is 2. The molecule has 1 N–H and O–H groups in total. The first kappa shape index (κ1) is 11.8. The second-order valence-electron chi connectivity index (χ2n) is 4.36. The Morgan fingerprint density at radius 1 is 1.24 bits per heavy atom. The van der Waals surface area contributed by atoms with Crippen LogP contribution >= 0.6 is 0 Å². The predicted molar refractivity (Wildman–Crippen MR) is 59.2 cm³/mol. The van der Waals surface area contributed by atoms with E-state index in [2.05, 4.69) is 0 Å². The van der Waals surface area contributed by atoms with E-state index in [9.17, 15) is 14.0 Å². The lowest BCUT2D eigenvalue weighted by Crippen LogP contribution is -2.25. The van der Waals surface area contributed by atoms with Gasteiger partial charge in [-0.3, -0.25) is 9.59 Å². The minimum atomic E-state index is -0.933. The minimum Gasteiger partial charge on any atom is -0.481 e. The van der Waals surface area contributed by atoms with Crippen LogP contribution in [-0.4, -0.2) is 16.9 Å². The molecule has 2 atom stereocenters. The maximum Gasteiger partial charge on any atom is 0.307 e. The van der Waals surface area contributed by atoms with Gasteiger partial charge in [-0.15, -0.1) is 0 Å². The zero-order valence-corrected chi connectivity index (χ0v) is 9.23. The lowest BCUT2D eigenvalue weighted by Gasteiger charge is -2.14. The molecule has 0 aromatic heterocycles. The van der Waals surface area contributed by atoms with E-state index in [4.69, 9.17) is 5.11 Å². The monoisotopic (exact) mass is 236 g/mol. The Labute approximate surface area is 98.3 Å². The fourth-order valence-corrected chi connectivity index (χ4v) is 2.43. The van der Waals surface area contributed by atoms with Crippen molar-refractivity contribution in [1.82, 2.24) is 0 Å². The Hall–Kier alpha value is -1.71. The molecule has 0 aliphatic heterocycles. The van der Waals surface area contributed by atoms with Crippen LogP contribution in [0.1, 0.15) is 29.6 Å². The molecule has 0 radical (unpaired) electrons. The Morgan fingerprint density at radius 2 is 1.94 bits per heavy atom. The van der Waals surface area contributed by atoms with E-state index in [1.807, 2.05) is 0 Å². The Morgan fingerprint density at radius 3 is 2.59 bits per heavy atom. The number of carboxylic acids is 1. The highest BCUT2D eigenvalue weighted by Crippen LogP contribution is 2.34. The number of rotatable bonds is 3. The molecule has 0 amide bonds. The van der Waals surface area contributed by atoms with E-state index in [1.54, 1.807) is 0 Å². The molecule has 0 spiro atoms. The van der Waals surface area contributed by atoms with Crippen LogP contribution in [-0.2, 0) is 4.79 Å². The minimum absolute atomic E-state index is 0.255. The Balaban J connectivity index is 2.23. The third kappa shape index (κ3) is 2.35. The number of ketones is 1. The van der Waals surface area contributed by atoms with Crippen molar-refractivity contribution >= 4 is 11.8 Å². The van der Waals surface area contributed by atoms with Crippen molar-refractivity contribution in [1.29, 1.82) is 0 Å². The lowest BCUT2D eigenvalue weighted by molar-refractivity contribution is -0.142. The van der Waals surface area contributed by atoms with E-state index in [0.717, 1.165) is 6.42 Å². The quantitative estimate of drug-likeness (QED) is 0.820. The lowest BCUT2D eigenvalue weighted by atomic mass is 9.88. The predicted octanol–water partition coefficient (Wildman–Crippen LogP) is 2.51. The van der Waals surface area contributed by atoms with Crippen LogP contribution in [0.3, 0.4) is 0 Å². The Kier molecular flexibility index (Phi) is 3.22. The summed E-state index contributed by atoms with van der Waals surface area (Å²) < 4.78 is 13.0. The molecule has 0 heterocycles. The molecule has 0 unspecified atom stereocenters. The first-order valence-corrected chi connectivity index (χ1v) is 5.62. The normalized spacial score (nSPS) is 23.6. The number of benzene rings is 1. The molecule has 1 aliphatic carbocycles. The van der Waals surface area contributed by atoms with Crippen molar-refractivity contribution in [3.05, 3.63) is 35.6 Å². The van der Waals surface area contributed by atoms with Crippen LogP contribution < -0.4 is 0 Å². The summed E-state index contributed by atoms with van der Waals surface area (Å²) in [7, 11) is 0. The second-order valence-corrected chi connectivity index (χ2v) is 4.36. The highest BCUT2D eigenvalue weighted by Gasteiger charge is 2.37. The average molecular weight is 236 g/mol. The van der Waals surface area contributed by atoms with E-state index in [1.165, 1.54) is 24.3 Å². The van der Waals surface area contributed by atoms with Crippen LogP contribution in [0.15, 0.2) is 24.3 Å². The largest absolute Gasteiger partial charge is 0.481 e. The maximum absolute atomic E-state index is 13.0. The first-order chi connectivity index (χ1) is 8.09. The van der Waals surface area contributed by atoms with Crippen LogP contribution in [0.2, 0.25) is 0 Å². The summed E-state index contributed by atoms with van der Waals surface area (Å²) >= 11 is 0. The summed E-state index contributed by atoms with van der Waals surface area (Å²) in [6.45, 7) is 0. The maximum atomic E-state index is 13.0. The topological polar surface area (TPSA) is 54.4 Å². The number of hydrogen-bond acceptors (Lipinski definition) is 2. The standard InChI is InChI=1S/C13H13FO3/c14-9-4-1-3-8(7-9)12(15)10-5-2-6-11(10)13(16)17/h1,3-4,7,10-11H,2,5-6H2,(H,16,17)/t10-,11-/m0/s1. The molecule has 0 saturated heterocycles. The number of carbonyl (C=O) groups excluding carboxylic acids is 1. The fourth-order valence-electron chi connectivity index (χ4n) is 2.43. The molecule has 1 saturated carbocycles. The molecule has 0 bridgehead atoms. The van der Waals surface area contributed by atoms with Gasteiger partial charge in [0.05, 0.1) is 5.92 Å². The number of Topliss-reactive ketones (excluding diaryl/α,β-unsaturated/α-hetero) is 1. The molecule has 4 heteroatoms. The molecule has 1 aromatic carbocycles. The van der Waals surface area contributed by atoms with Crippen LogP contribution in [0.4, 0.5) is 4.39 Å². The molecule has 1 fully saturated rings. The molecule has 90 valence electrons. The Bertz CT molecular complexity index is 456. The smallest absolute Gasteiger partial charge is 0.307 e. The van der Waals surface area contributed by atoms with Gasteiger partial charge >= 0.3 is 5.97 Å². The number of halogens is 1. The number of carboxylic acid groups (broad SMARTS) is 1. The van der Waals surface area contributed by atoms with Gasteiger partial charge in [-0.2, -0.15) is 0 Å². The van der Waals surface area contributed by atoms with Crippen molar-refractivity contribution in [3.8, 4) is 0 Å². The summed E-state index contributed by atoms with van der Waals surface area (Å²) in [6.07, 6.45) is 1.84. The molecule has 1 aliphatic rings. The summed E-state index contributed by atoms with van der Waals surface area (Å²) in [6, 6.07) is 5.43. The summed E-state index contributed by atoms with van der Waals surface area (Å²) in [5, 5.41) is 9.01. The third-order valence-corrected chi connectivity index (χ3v) is 3.28. The van der Waals surface area contributed by atoms with Crippen LogP contribution in [0.5, 0.6) is 0 Å². The molecular weight excluding hydrogens is 223 g/mol. The zero-order valence-electron chi connectivity index (χ0n) is 9.23. The fraction of sp³-hybridized carbons (Fsp3) is 0.385. The zero-order chi connectivity index (χ0) is 12.4. The molecule has 17 heavy (non-hydrogen) atoms. The highest BCUT2D eigenvalue weighted by atomic mass is 19.1. The van der Waals surface area contributed by atoms with Gasteiger partial charge in [0, 0.05) is 11.5 Å². The highest BCUT2D eigenvalue weighted by molar-refractivity contribution is 6.00. The van der Waals surface area contributed by atoms with Gasteiger partial charge in [0.1, 0.15) is 5.82 Å². The van der Waals surface area contributed by atoms with E-state index in [-0.39, 0.29) is 11.3 Å². The molecule has 2 rings (SSSR count). The van der Waals surface area contributed by atoms with Gasteiger partial charge in [-0.1, -0.05) is 18.6 Å². The summed E-state index contributed by atoms with van der Waals surface area (Å²) in [5.41, 5.74) is 0.267. The SMILES string of the molecule is O=C(O)[C@H]1CCC[C@@H]1C(=O)c1cccc(F)c1. The third-order valence-electron chi connectivity index (χ3n) is 3.28. The molecule has 3 nitrogen and oxygen atoms in total. The van der Waals surface area contributed by atoms with Crippen molar-refractivity contribution in [2.75, 3.05) is 0 Å². The van der Waals surface area contributed by atoms with Crippen molar-refractivity contribution in [2.24, 2.45) is 11.8 Å². The number of aliphatic carboxylic acids is 1. The van der Waals surface area contributed by atoms with Crippen LogP contribution in [0, 0.1) is 17.7 Å². The van der Waals surface area contributed by atoms with Gasteiger partial charge in [0.2, 0.25) is 0 Å². The van der Waals surface area contributed by atoms with E-state index < -0.39 is 23.6 Å². The molecular formula is C13H13FO3. The first-order valence-electron chi connectivity index (χ1n) is 5.62. The van der Waals surface area contributed by atoms with Crippen molar-refractivity contribution in [2.45, 2.75) is 19.3 Å². The summed E-state index contributed by atoms with van der Waals surface area (Å²) in [5.74, 6) is -2.78. The van der Waals surface area contributed by atoms with Gasteiger partial charge in [0.25, 0.3) is 0 Å². The number of hydrogen-bond donors (Lipinski definition) is 1. The van der Waals surface area contributed by atoms with Crippen molar-refractivity contribution < 1.29 is 19.1 Å². The van der Waals surface area contributed by atoms with Crippen LogP contribution in [0.25, 0.3) is 0 Å². The van der Waals surface area contributed by atoms with E-state index >= 15 is 0 Å². The second kappa shape index (κ2) is 4.65. The van der Waals surface area contributed by atoms with Crippen molar-refractivity contribution in [3.63, 3.8) is 0 Å². The van der Waals surface area contributed by atoms with Gasteiger partial charge in [0.15, 0.2) is 5.78 Å². The van der Waals surface area contributed by atoms with E-state index in [0.29, 0.717) is 12.8 Å². The van der Waals surface area contributed by atoms with Gasteiger partial charge in [-0.05, 0) is 25.0 Å². The van der Waals surface area contributed by atoms with Gasteiger partial charge in [-0.25, -0.2) is 4.39 Å². The average Bonchev–Trinajstić information content (AvgIpc) is 2.77. The van der Waals surface area contributed by atoms with Gasteiger partial charge < -0.3 is 5.11 Å². The molecule has 1 aromatic rings. The summed E-state index contributed by atoms with van der Waals surface area (Å²) in [4.78, 5) is 23.1.